The number of hydrogen-bond donors (Lipinski definition) is 2. The van der Waals surface area contributed by atoms with E-state index in [0.717, 1.165) is 5.56 Å². The van der Waals surface area contributed by atoms with Crippen LogP contribution in [0.3, 0.4) is 0 Å². The van der Waals surface area contributed by atoms with Gasteiger partial charge in [-0.3, -0.25) is 0 Å². The smallest absolute Gasteiger partial charge is 0.336 e. The second-order valence-corrected chi connectivity index (χ2v) is 14.1. The van der Waals surface area contributed by atoms with Crippen LogP contribution < -0.4 is 5.32 Å². The topological polar surface area (TPSA) is 67.8 Å². The van der Waals surface area contributed by atoms with Gasteiger partial charge in [-0.25, -0.2) is 4.79 Å². The molecule has 30 heavy (non-hydrogen) atoms. The van der Waals surface area contributed by atoms with Crippen LogP contribution in [0.5, 0.6) is 5.75 Å². The van der Waals surface area contributed by atoms with Crippen molar-refractivity contribution >= 4 is 20.0 Å². The van der Waals surface area contributed by atoms with Gasteiger partial charge in [-0.1, -0.05) is 63.2 Å². The quantitative estimate of drug-likeness (QED) is 0.311. The Labute approximate surface area is 181 Å². The van der Waals surface area contributed by atoms with Crippen molar-refractivity contribution in [3.05, 3.63) is 60.2 Å². The molecule has 0 aliphatic rings. The summed E-state index contributed by atoms with van der Waals surface area (Å²) in [7, 11) is -2.31. The van der Waals surface area contributed by atoms with Gasteiger partial charge < -0.3 is 19.6 Å². The first kappa shape index (κ1) is 24.0. The highest BCUT2D eigenvalue weighted by molar-refractivity contribution is 6.74. The van der Waals surface area contributed by atoms with Crippen LogP contribution in [0.2, 0.25) is 18.1 Å². The molecule has 5 nitrogen and oxygen atoms in total. The van der Waals surface area contributed by atoms with Crippen molar-refractivity contribution in [2.45, 2.75) is 71.0 Å². The SMILES string of the molecule is CC(C)OC(=O)C(O[Si](C)(C)C(C)(C)C)C(Nc1ccccc1O)c1ccccc1. The molecule has 0 saturated heterocycles. The van der Waals surface area contributed by atoms with Crippen molar-refractivity contribution < 1.29 is 19.1 Å². The van der Waals surface area contributed by atoms with Crippen LogP contribution in [0.1, 0.15) is 46.2 Å². The molecule has 0 aliphatic carbocycles. The maximum Gasteiger partial charge on any atom is 0.336 e. The molecule has 164 valence electrons. The van der Waals surface area contributed by atoms with Crippen molar-refractivity contribution in [3.8, 4) is 5.75 Å². The Kier molecular flexibility index (Phi) is 7.72. The van der Waals surface area contributed by atoms with Crippen molar-refractivity contribution in [3.63, 3.8) is 0 Å². The predicted octanol–water partition coefficient (Wildman–Crippen LogP) is 5.89. The zero-order chi connectivity index (χ0) is 22.5. The van der Waals surface area contributed by atoms with Gasteiger partial charge in [0.05, 0.1) is 17.8 Å². The number of esters is 1. The fourth-order valence-electron chi connectivity index (χ4n) is 2.80. The number of phenols is 1. The first-order chi connectivity index (χ1) is 13.9. The molecule has 2 atom stereocenters. The number of carbonyl (C=O) groups is 1. The highest BCUT2D eigenvalue weighted by Gasteiger charge is 2.44. The zero-order valence-corrected chi connectivity index (χ0v) is 20.1. The summed E-state index contributed by atoms with van der Waals surface area (Å²) in [4.78, 5) is 13.2. The minimum Gasteiger partial charge on any atom is -0.506 e. The minimum atomic E-state index is -2.31. The number of ether oxygens (including phenoxy) is 1. The summed E-state index contributed by atoms with van der Waals surface area (Å²) in [6.07, 6.45) is -1.13. The summed E-state index contributed by atoms with van der Waals surface area (Å²) >= 11 is 0. The Morgan fingerprint density at radius 1 is 1.00 bits per heavy atom. The van der Waals surface area contributed by atoms with Gasteiger partial charge in [-0.05, 0) is 49.7 Å². The molecule has 0 amide bonds. The van der Waals surface area contributed by atoms with Gasteiger partial charge in [0.15, 0.2) is 14.4 Å². The lowest BCUT2D eigenvalue weighted by atomic mass is 10.0. The fourth-order valence-corrected chi connectivity index (χ4v) is 4.02. The number of para-hydroxylation sites is 2. The number of nitrogens with one attached hydrogen (secondary N) is 1. The lowest BCUT2D eigenvalue weighted by molar-refractivity contribution is -0.157. The molecule has 2 aromatic carbocycles. The summed E-state index contributed by atoms with van der Waals surface area (Å²) in [6.45, 7) is 14.3. The van der Waals surface area contributed by atoms with Crippen molar-refractivity contribution in [2.24, 2.45) is 0 Å². The van der Waals surface area contributed by atoms with Gasteiger partial charge in [0.2, 0.25) is 0 Å². The highest BCUT2D eigenvalue weighted by Crippen LogP contribution is 2.40. The van der Waals surface area contributed by atoms with E-state index in [1.165, 1.54) is 0 Å². The van der Waals surface area contributed by atoms with E-state index in [2.05, 4.69) is 39.2 Å². The Hall–Kier alpha value is -2.31. The Balaban J connectivity index is 2.53. The molecule has 2 rings (SSSR count). The molecular formula is C24H35NO4Si. The van der Waals surface area contributed by atoms with Gasteiger partial charge in [-0.15, -0.1) is 0 Å². The molecule has 0 radical (unpaired) electrons. The van der Waals surface area contributed by atoms with E-state index in [0.29, 0.717) is 5.69 Å². The van der Waals surface area contributed by atoms with Crippen LogP contribution in [-0.4, -0.2) is 31.6 Å². The number of rotatable bonds is 8. The van der Waals surface area contributed by atoms with E-state index >= 15 is 0 Å². The number of hydrogen-bond acceptors (Lipinski definition) is 5. The number of anilines is 1. The lowest BCUT2D eigenvalue weighted by Gasteiger charge is -2.41. The predicted molar refractivity (Wildman–Crippen MR) is 124 cm³/mol. The standard InChI is InChI=1S/C24H35NO4Si/c1-17(2)28-23(27)22(29-30(6,7)24(3,4)5)21(18-13-9-8-10-14-18)25-19-15-11-12-16-20(19)26/h8-17,21-22,25-26H,1-7H3. The van der Waals surface area contributed by atoms with Crippen LogP contribution in [0.25, 0.3) is 0 Å². The summed E-state index contributed by atoms with van der Waals surface area (Å²) in [5, 5.41) is 13.6. The molecule has 0 spiro atoms. The molecule has 2 aromatic rings. The monoisotopic (exact) mass is 429 g/mol. The van der Waals surface area contributed by atoms with Crippen LogP contribution in [0, 0.1) is 0 Å². The van der Waals surface area contributed by atoms with Gasteiger partial charge >= 0.3 is 5.97 Å². The molecule has 0 fully saturated rings. The molecule has 6 heteroatoms. The number of aromatic hydroxyl groups is 1. The van der Waals surface area contributed by atoms with Crippen LogP contribution >= 0.6 is 0 Å². The van der Waals surface area contributed by atoms with Gasteiger partial charge in [0, 0.05) is 0 Å². The van der Waals surface area contributed by atoms with Crippen LogP contribution in [0.4, 0.5) is 5.69 Å². The molecule has 0 heterocycles. The van der Waals surface area contributed by atoms with E-state index < -0.39 is 26.4 Å². The summed E-state index contributed by atoms with van der Waals surface area (Å²) in [5.74, 6) is -0.298. The number of benzene rings is 2. The third-order valence-corrected chi connectivity index (χ3v) is 9.94. The largest absolute Gasteiger partial charge is 0.506 e. The molecule has 2 unspecified atom stereocenters. The van der Waals surface area contributed by atoms with Gasteiger partial charge in [0.1, 0.15) is 5.75 Å². The normalized spacial score (nSPS) is 14.3. The second-order valence-electron chi connectivity index (χ2n) is 9.33. The first-order valence-corrected chi connectivity index (χ1v) is 13.3. The van der Waals surface area contributed by atoms with Crippen LogP contribution in [-0.2, 0) is 14.0 Å². The molecule has 0 saturated carbocycles. The molecule has 0 aliphatic heterocycles. The van der Waals surface area contributed by atoms with Crippen LogP contribution in [0.15, 0.2) is 54.6 Å². The van der Waals surface area contributed by atoms with Crippen molar-refractivity contribution in [1.29, 1.82) is 0 Å². The summed E-state index contributed by atoms with van der Waals surface area (Å²) in [6, 6.07) is 16.1. The van der Waals surface area contributed by atoms with Gasteiger partial charge in [-0.2, -0.15) is 0 Å². The van der Waals surface area contributed by atoms with E-state index in [1.54, 1.807) is 18.2 Å². The van der Waals surface area contributed by atoms with E-state index in [-0.39, 0.29) is 16.9 Å². The second kappa shape index (κ2) is 9.66. The average molecular weight is 430 g/mol. The zero-order valence-electron chi connectivity index (χ0n) is 19.1. The number of phenolic OH excluding ortho intramolecular Hbond substituents is 1. The Morgan fingerprint density at radius 3 is 2.10 bits per heavy atom. The molecule has 0 bridgehead atoms. The van der Waals surface area contributed by atoms with E-state index in [4.69, 9.17) is 9.16 Å². The molecule has 2 N–H and O–H groups in total. The molecular weight excluding hydrogens is 394 g/mol. The lowest BCUT2D eigenvalue weighted by Crippen LogP contribution is -2.49. The first-order valence-electron chi connectivity index (χ1n) is 10.4. The molecule has 0 aromatic heterocycles. The average Bonchev–Trinajstić information content (AvgIpc) is 2.65. The highest BCUT2D eigenvalue weighted by atomic mass is 28.4. The van der Waals surface area contributed by atoms with Crippen molar-refractivity contribution in [2.75, 3.05) is 5.32 Å². The fraction of sp³-hybridized carbons (Fsp3) is 0.458. The Morgan fingerprint density at radius 2 is 1.57 bits per heavy atom. The Bertz CT molecular complexity index is 831. The summed E-state index contributed by atoms with van der Waals surface area (Å²) in [5.41, 5.74) is 1.41. The van der Waals surface area contributed by atoms with E-state index in [1.807, 2.05) is 50.2 Å². The maximum atomic E-state index is 13.2. The van der Waals surface area contributed by atoms with Crippen molar-refractivity contribution in [1.82, 2.24) is 0 Å². The van der Waals surface area contributed by atoms with Gasteiger partial charge in [0.25, 0.3) is 0 Å². The minimum absolute atomic E-state index is 0.0838. The number of carbonyl (C=O) groups excluding carboxylic acids is 1. The summed E-state index contributed by atoms with van der Waals surface area (Å²) < 4.78 is 12.2. The van der Waals surface area contributed by atoms with E-state index in [9.17, 15) is 9.90 Å². The third kappa shape index (κ3) is 6.09. The maximum absolute atomic E-state index is 13.2. The third-order valence-electron chi connectivity index (χ3n) is 5.49.